The molecule has 14 heavy (non-hydrogen) atoms. The number of hydrogen-bond donors (Lipinski definition) is 2. The fourth-order valence-corrected chi connectivity index (χ4v) is 1.49. The third kappa shape index (κ3) is 3.12. The van der Waals surface area contributed by atoms with Crippen LogP contribution >= 0.6 is 0 Å². The van der Waals surface area contributed by atoms with Crippen LogP contribution in [0.4, 0.5) is 0 Å². The van der Waals surface area contributed by atoms with Crippen molar-refractivity contribution in [2.24, 2.45) is 0 Å². The molecule has 1 heterocycles. The van der Waals surface area contributed by atoms with Crippen molar-refractivity contribution in [1.29, 1.82) is 0 Å². The van der Waals surface area contributed by atoms with Gasteiger partial charge >= 0.3 is 0 Å². The van der Waals surface area contributed by atoms with Crippen LogP contribution in [0, 0.1) is 0 Å². The fourth-order valence-electron chi connectivity index (χ4n) is 1.49. The van der Waals surface area contributed by atoms with Crippen molar-refractivity contribution in [3.05, 3.63) is 18.2 Å². The third-order valence-electron chi connectivity index (χ3n) is 2.12. The molecule has 4 nitrogen and oxygen atoms in total. The highest BCUT2D eigenvalue weighted by atomic mass is 16.3. The number of aryl methyl sites for hydroxylation is 1. The molecule has 0 bridgehead atoms. The van der Waals surface area contributed by atoms with E-state index in [1.807, 2.05) is 13.2 Å². The summed E-state index contributed by atoms with van der Waals surface area (Å²) in [6, 6.07) is 0. The summed E-state index contributed by atoms with van der Waals surface area (Å²) in [4.78, 5) is 4.23. The van der Waals surface area contributed by atoms with Gasteiger partial charge in [0, 0.05) is 31.9 Å². The first-order valence-corrected chi connectivity index (χ1v) is 5.10. The number of aliphatic hydroxyl groups is 1. The van der Waals surface area contributed by atoms with E-state index in [0.29, 0.717) is 13.0 Å². The van der Waals surface area contributed by atoms with E-state index in [1.165, 1.54) is 0 Å². The van der Waals surface area contributed by atoms with Crippen LogP contribution in [0.1, 0.15) is 19.2 Å². The minimum absolute atomic E-state index is 0.349. The van der Waals surface area contributed by atoms with Gasteiger partial charge < -0.3 is 15.0 Å². The summed E-state index contributed by atoms with van der Waals surface area (Å²) < 4.78 is 2.10. The molecule has 1 aromatic heterocycles. The maximum atomic E-state index is 9.60. The van der Waals surface area contributed by atoms with E-state index in [9.17, 15) is 5.11 Å². The number of likely N-dealkylation sites (N-methyl/N-ethyl adjacent to an activating group) is 1. The smallest absolute Gasteiger partial charge is 0.111 e. The predicted octanol–water partition coefficient (Wildman–Crippen LogP) is 0.416. The number of aliphatic hydroxyl groups excluding tert-OH is 1. The quantitative estimate of drug-likeness (QED) is 0.694. The van der Waals surface area contributed by atoms with Crippen molar-refractivity contribution < 1.29 is 5.11 Å². The Morgan fingerprint density at radius 2 is 2.43 bits per heavy atom. The Hall–Kier alpha value is -0.870. The minimum Gasteiger partial charge on any atom is -0.391 e. The van der Waals surface area contributed by atoms with Gasteiger partial charge in [-0.2, -0.15) is 0 Å². The summed E-state index contributed by atoms with van der Waals surface area (Å²) in [5.74, 6) is 0.967. The first kappa shape index (κ1) is 11.2. The van der Waals surface area contributed by atoms with Gasteiger partial charge in [0.15, 0.2) is 0 Å². The Morgan fingerprint density at radius 3 is 3.07 bits per heavy atom. The molecule has 0 aliphatic carbocycles. The van der Waals surface area contributed by atoms with E-state index in [4.69, 9.17) is 0 Å². The molecule has 1 aromatic rings. The van der Waals surface area contributed by atoms with Crippen molar-refractivity contribution in [2.45, 2.75) is 32.4 Å². The van der Waals surface area contributed by atoms with E-state index in [1.54, 1.807) is 6.20 Å². The summed E-state index contributed by atoms with van der Waals surface area (Å²) in [7, 11) is 1.84. The number of nitrogens with zero attached hydrogens (tertiary/aromatic N) is 2. The lowest BCUT2D eigenvalue weighted by molar-refractivity contribution is 0.171. The molecular weight excluding hydrogens is 178 g/mol. The Bertz CT molecular complexity index is 260. The normalized spacial score (nSPS) is 13.1. The molecule has 0 fully saturated rings. The zero-order valence-electron chi connectivity index (χ0n) is 8.90. The molecular formula is C10H19N3O. The van der Waals surface area contributed by atoms with Gasteiger partial charge in [-0.15, -0.1) is 0 Å². The molecule has 4 heteroatoms. The first-order valence-electron chi connectivity index (χ1n) is 5.10. The van der Waals surface area contributed by atoms with Gasteiger partial charge in [0.1, 0.15) is 5.82 Å². The first-order chi connectivity index (χ1) is 6.77. The van der Waals surface area contributed by atoms with Crippen LogP contribution in [-0.4, -0.2) is 34.4 Å². The molecule has 1 unspecified atom stereocenters. The summed E-state index contributed by atoms with van der Waals surface area (Å²) in [6.45, 7) is 3.72. The number of rotatable bonds is 6. The van der Waals surface area contributed by atoms with Gasteiger partial charge in [-0.1, -0.05) is 6.92 Å². The van der Waals surface area contributed by atoms with E-state index in [0.717, 1.165) is 18.8 Å². The van der Waals surface area contributed by atoms with Crippen LogP contribution in [0.3, 0.4) is 0 Å². The zero-order valence-corrected chi connectivity index (χ0v) is 8.90. The predicted molar refractivity (Wildman–Crippen MR) is 56.2 cm³/mol. The van der Waals surface area contributed by atoms with E-state index < -0.39 is 0 Å². The van der Waals surface area contributed by atoms with Gasteiger partial charge in [-0.3, -0.25) is 0 Å². The van der Waals surface area contributed by atoms with Crippen molar-refractivity contribution in [3.63, 3.8) is 0 Å². The van der Waals surface area contributed by atoms with Crippen LogP contribution in [0.5, 0.6) is 0 Å². The van der Waals surface area contributed by atoms with Crippen LogP contribution in [0.15, 0.2) is 12.4 Å². The average Bonchev–Trinajstić information content (AvgIpc) is 2.54. The number of imidazole rings is 1. The highest BCUT2D eigenvalue weighted by Crippen LogP contribution is 2.02. The van der Waals surface area contributed by atoms with Crippen LogP contribution in [0.25, 0.3) is 0 Å². The van der Waals surface area contributed by atoms with Gasteiger partial charge in [0.05, 0.1) is 6.10 Å². The molecule has 2 N–H and O–H groups in total. The van der Waals surface area contributed by atoms with Crippen molar-refractivity contribution >= 4 is 0 Å². The lowest BCUT2D eigenvalue weighted by atomic mass is 10.2. The third-order valence-corrected chi connectivity index (χ3v) is 2.12. The number of hydrogen-bond acceptors (Lipinski definition) is 3. The highest BCUT2D eigenvalue weighted by molar-refractivity contribution is 4.94. The van der Waals surface area contributed by atoms with Crippen molar-refractivity contribution in [2.75, 3.05) is 13.6 Å². The highest BCUT2D eigenvalue weighted by Gasteiger charge is 2.08. The van der Waals surface area contributed by atoms with Gasteiger partial charge in [-0.25, -0.2) is 4.98 Å². The molecule has 0 amide bonds. The SMILES string of the molecule is CCCn1ccnc1CC(O)CNC. The largest absolute Gasteiger partial charge is 0.391 e. The van der Waals surface area contributed by atoms with Crippen molar-refractivity contribution in [3.8, 4) is 0 Å². The van der Waals surface area contributed by atoms with Crippen LogP contribution < -0.4 is 5.32 Å². The second kappa shape index (κ2) is 5.78. The second-order valence-electron chi connectivity index (χ2n) is 3.45. The topological polar surface area (TPSA) is 50.1 Å². The molecule has 0 radical (unpaired) electrons. The van der Waals surface area contributed by atoms with Crippen molar-refractivity contribution in [1.82, 2.24) is 14.9 Å². The number of nitrogens with one attached hydrogen (secondary N) is 1. The Balaban J connectivity index is 2.52. The summed E-state index contributed by atoms with van der Waals surface area (Å²) >= 11 is 0. The van der Waals surface area contributed by atoms with Gasteiger partial charge in [0.25, 0.3) is 0 Å². The Labute approximate surface area is 85.0 Å². The van der Waals surface area contributed by atoms with Gasteiger partial charge in [0.2, 0.25) is 0 Å². The summed E-state index contributed by atoms with van der Waals surface area (Å²) in [6.07, 6.45) is 5.11. The molecule has 0 spiro atoms. The molecule has 0 saturated heterocycles. The average molecular weight is 197 g/mol. The molecule has 0 aliphatic heterocycles. The van der Waals surface area contributed by atoms with Crippen LogP contribution in [0.2, 0.25) is 0 Å². The summed E-state index contributed by atoms with van der Waals surface area (Å²) in [5.41, 5.74) is 0. The number of aromatic nitrogens is 2. The zero-order chi connectivity index (χ0) is 10.4. The Morgan fingerprint density at radius 1 is 1.64 bits per heavy atom. The second-order valence-corrected chi connectivity index (χ2v) is 3.45. The van der Waals surface area contributed by atoms with E-state index in [-0.39, 0.29) is 6.10 Å². The molecule has 1 atom stereocenters. The fraction of sp³-hybridized carbons (Fsp3) is 0.700. The standard InChI is InChI=1S/C10H19N3O/c1-3-5-13-6-4-12-10(13)7-9(14)8-11-2/h4,6,9,11,14H,3,5,7-8H2,1-2H3. The molecule has 0 saturated carbocycles. The van der Waals surface area contributed by atoms with E-state index in [2.05, 4.69) is 21.8 Å². The minimum atomic E-state index is -0.349. The lowest BCUT2D eigenvalue weighted by Crippen LogP contribution is -2.26. The van der Waals surface area contributed by atoms with Gasteiger partial charge in [-0.05, 0) is 13.5 Å². The molecule has 1 rings (SSSR count). The monoisotopic (exact) mass is 197 g/mol. The molecule has 80 valence electrons. The van der Waals surface area contributed by atoms with Crippen LogP contribution in [-0.2, 0) is 13.0 Å². The molecule has 0 aliphatic rings. The Kier molecular flexibility index (Phi) is 4.62. The maximum absolute atomic E-state index is 9.60. The summed E-state index contributed by atoms with van der Waals surface area (Å²) in [5, 5.41) is 12.5. The van der Waals surface area contributed by atoms with E-state index >= 15 is 0 Å². The molecule has 0 aromatic carbocycles. The lowest BCUT2D eigenvalue weighted by Gasteiger charge is -2.11. The maximum Gasteiger partial charge on any atom is 0.111 e.